The molecule has 0 fully saturated rings. The lowest BCUT2D eigenvalue weighted by Gasteiger charge is -2.18. The van der Waals surface area contributed by atoms with E-state index in [0.29, 0.717) is 0 Å². The average molecular weight is 211 g/mol. The minimum Gasteiger partial charge on any atom is -0.378 e. The van der Waals surface area contributed by atoms with Crippen molar-refractivity contribution in [2.75, 3.05) is 13.1 Å². The summed E-state index contributed by atoms with van der Waals surface area (Å²) < 4.78 is 0. The molecule has 0 amide bonds. The van der Waals surface area contributed by atoms with Gasteiger partial charge in [0.15, 0.2) is 0 Å². The summed E-state index contributed by atoms with van der Waals surface area (Å²) in [6, 6.07) is 0. The zero-order chi connectivity index (χ0) is 11.4. The maximum Gasteiger partial charge on any atom is 0.0169 e. The minimum absolute atomic E-state index is 1.21. The molecular weight excluding hydrogens is 182 g/mol. The van der Waals surface area contributed by atoms with Crippen molar-refractivity contribution in [3.8, 4) is 0 Å². The van der Waals surface area contributed by atoms with Crippen LogP contribution >= 0.6 is 0 Å². The Labute approximate surface area is 96.6 Å². The smallest absolute Gasteiger partial charge is 0.0169 e. The van der Waals surface area contributed by atoms with Crippen LogP contribution in [0.4, 0.5) is 0 Å². The van der Waals surface area contributed by atoms with Crippen LogP contribution < -0.4 is 0 Å². The van der Waals surface area contributed by atoms with Crippen molar-refractivity contribution in [2.45, 2.75) is 65.7 Å². The summed E-state index contributed by atoms with van der Waals surface area (Å²) >= 11 is 0. The van der Waals surface area contributed by atoms with Crippen molar-refractivity contribution in [1.29, 1.82) is 0 Å². The average Bonchev–Trinajstić information content (AvgIpc) is 2.24. The molecular formula is C14H29N. The van der Waals surface area contributed by atoms with Crippen LogP contribution in [0.2, 0.25) is 0 Å². The van der Waals surface area contributed by atoms with Crippen molar-refractivity contribution in [1.82, 2.24) is 4.90 Å². The SMILES string of the molecule is CCCCCC/C=C/N(CCC)CCC. The van der Waals surface area contributed by atoms with Gasteiger partial charge < -0.3 is 4.90 Å². The largest absolute Gasteiger partial charge is 0.378 e. The number of unbranched alkanes of at least 4 members (excludes halogenated alkanes) is 4. The molecule has 0 heterocycles. The third-order valence-electron chi connectivity index (χ3n) is 2.56. The maximum atomic E-state index is 2.44. The molecule has 0 aromatic carbocycles. The Balaban J connectivity index is 3.50. The fraction of sp³-hybridized carbons (Fsp3) is 0.857. The van der Waals surface area contributed by atoms with E-state index in [2.05, 4.69) is 37.9 Å². The number of allylic oxidation sites excluding steroid dienone is 1. The molecule has 0 bridgehead atoms. The summed E-state index contributed by atoms with van der Waals surface area (Å²) in [5.74, 6) is 0. The standard InChI is InChI=1S/C14H29N/c1-4-7-8-9-10-11-14-15(12-5-2)13-6-3/h11,14H,4-10,12-13H2,1-3H3/b14-11+. The van der Waals surface area contributed by atoms with Gasteiger partial charge in [-0.2, -0.15) is 0 Å². The molecule has 1 heteroatoms. The lowest BCUT2D eigenvalue weighted by molar-refractivity contribution is 0.374. The first-order valence-corrected chi connectivity index (χ1v) is 6.75. The quantitative estimate of drug-likeness (QED) is 0.478. The number of nitrogens with zero attached hydrogens (tertiary/aromatic N) is 1. The fourth-order valence-electron chi connectivity index (χ4n) is 1.75. The molecule has 0 aliphatic carbocycles. The van der Waals surface area contributed by atoms with Gasteiger partial charge in [-0.05, 0) is 31.9 Å². The Kier molecular flexibility index (Phi) is 11.3. The van der Waals surface area contributed by atoms with E-state index < -0.39 is 0 Å². The Bertz CT molecular complexity index is 134. The summed E-state index contributed by atoms with van der Waals surface area (Å²) in [5, 5.41) is 0. The molecule has 0 aliphatic rings. The zero-order valence-corrected chi connectivity index (χ0v) is 11.0. The van der Waals surface area contributed by atoms with Gasteiger partial charge in [0, 0.05) is 13.1 Å². The molecule has 0 rings (SSSR count). The van der Waals surface area contributed by atoms with Crippen LogP contribution in [0.1, 0.15) is 65.7 Å². The van der Waals surface area contributed by atoms with Crippen LogP contribution in [-0.4, -0.2) is 18.0 Å². The monoisotopic (exact) mass is 211 g/mol. The summed E-state index contributed by atoms with van der Waals surface area (Å²) in [7, 11) is 0. The van der Waals surface area contributed by atoms with E-state index in [9.17, 15) is 0 Å². The van der Waals surface area contributed by atoms with E-state index in [1.54, 1.807) is 0 Å². The number of rotatable bonds is 10. The van der Waals surface area contributed by atoms with Gasteiger partial charge in [-0.1, -0.05) is 46.1 Å². The van der Waals surface area contributed by atoms with Crippen LogP contribution in [0.5, 0.6) is 0 Å². The van der Waals surface area contributed by atoms with Crippen molar-refractivity contribution < 1.29 is 0 Å². The van der Waals surface area contributed by atoms with Crippen molar-refractivity contribution in [3.05, 3.63) is 12.3 Å². The van der Waals surface area contributed by atoms with Gasteiger partial charge in [0.05, 0.1) is 0 Å². The lowest BCUT2D eigenvalue weighted by atomic mass is 10.1. The molecule has 0 aromatic rings. The Morgan fingerprint density at radius 1 is 0.800 bits per heavy atom. The van der Waals surface area contributed by atoms with Gasteiger partial charge in [0.25, 0.3) is 0 Å². The lowest BCUT2D eigenvalue weighted by Crippen LogP contribution is -2.18. The van der Waals surface area contributed by atoms with Crippen LogP contribution in [0.25, 0.3) is 0 Å². The van der Waals surface area contributed by atoms with Gasteiger partial charge in [-0.15, -0.1) is 0 Å². The fourth-order valence-corrected chi connectivity index (χ4v) is 1.75. The zero-order valence-electron chi connectivity index (χ0n) is 11.0. The van der Waals surface area contributed by atoms with Crippen molar-refractivity contribution >= 4 is 0 Å². The predicted molar refractivity (Wildman–Crippen MR) is 70.1 cm³/mol. The molecule has 0 aliphatic heterocycles. The third-order valence-corrected chi connectivity index (χ3v) is 2.56. The molecule has 0 saturated carbocycles. The second-order valence-corrected chi connectivity index (χ2v) is 4.27. The molecule has 0 saturated heterocycles. The van der Waals surface area contributed by atoms with Crippen molar-refractivity contribution in [3.63, 3.8) is 0 Å². The second-order valence-electron chi connectivity index (χ2n) is 4.27. The number of hydrogen-bond donors (Lipinski definition) is 0. The molecule has 1 nitrogen and oxygen atoms in total. The normalized spacial score (nSPS) is 11.1. The van der Waals surface area contributed by atoms with Crippen LogP contribution in [-0.2, 0) is 0 Å². The van der Waals surface area contributed by atoms with Gasteiger partial charge >= 0.3 is 0 Å². The molecule has 0 unspecified atom stereocenters. The molecule has 15 heavy (non-hydrogen) atoms. The number of hydrogen-bond acceptors (Lipinski definition) is 1. The van der Waals surface area contributed by atoms with Gasteiger partial charge in [-0.25, -0.2) is 0 Å². The summed E-state index contributed by atoms with van der Waals surface area (Å²) in [6.45, 7) is 9.17. The topological polar surface area (TPSA) is 3.24 Å². The Morgan fingerprint density at radius 2 is 1.47 bits per heavy atom. The van der Waals surface area contributed by atoms with E-state index in [1.807, 2.05) is 0 Å². The molecule has 0 atom stereocenters. The first-order valence-electron chi connectivity index (χ1n) is 6.75. The predicted octanol–water partition coefficient (Wildman–Crippen LogP) is 4.59. The summed E-state index contributed by atoms with van der Waals surface area (Å²) in [5.41, 5.74) is 0. The van der Waals surface area contributed by atoms with Crippen LogP contribution in [0.3, 0.4) is 0 Å². The van der Waals surface area contributed by atoms with Gasteiger partial charge in [0.2, 0.25) is 0 Å². The van der Waals surface area contributed by atoms with Gasteiger partial charge in [-0.3, -0.25) is 0 Å². The first-order chi connectivity index (χ1) is 7.35. The summed E-state index contributed by atoms with van der Waals surface area (Å²) in [4.78, 5) is 2.44. The Morgan fingerprint density at radius 3 is 2.00 bits per heavy atom. The minimum atomic E-state index is 1.21. The first kappa shape index (κ1) is 14.5. The van der Waals surface area contributed by atoms with E-state index in [4.69, 9.17) is 0 Å². The maximum absolute atomic E-state index is 2.44. The van der Waals surface area contributed by atoms with Crippen molar-refractivity contribution in [2.24, 2.45) is 0 Å². The summed E-state index contributed by atoms with van der Waals surface area (Å²) in [6.07, 6.45) is 13.9. The highest BCUT2D eigenvalue weighted by atomic mass is 15.1. The molecule has 0 aromatic heterocycles. The van der Waals surface area contributed by atoms with E-state index in [-0.39, 0.29) is 0 Å². The second kappa shape index (κ2) is 11.6. The van der Waals surface area contributed by atoms with Crippen LogP contribution in [0.15, 0.2) is 12.3 Å². The van der Waals surface area contributed by atoms with E-state index in [1.165, 1.54) is 58.0 Å². The molecule has 0 radical (unpaired) electrons. The van der Waals surface area contributed by atoms with E-state index in [0.717, 1.165) is 0 Å². The third kappa shape index (κ3) is 9.84. The Hall–Kier alpha value is -0.460. The highest BCUT2D eigenvalue weighted by Gasteiger charge is 1.94. The van der Waals surface area contributed by atoms with E-state index >= 15 is 0 Å². The molecule has 0 N–H and O–H groups in total. The van der Waals surface area contributed by atoms with Crippen LogP contribution in [0, 0.1) is 0 Å². The highest BCUT2D eigenvalue weighted by molar-refractivity contribution is 4.82. The molecule has 90 valence electrons. The molecule has 0 spiro atoms. The van der Waals surface area contributed by atoms with Gasteiger partial charge in [0.1, 0.15) is 0 Å². The highest BCUT2D eigenvalue weighted by Crippen LogP contribution is 2.04.